The highest BCUT2D eigenvalue weighted by Gasteiger charge is 2.31. The van der Waals surface area contributed by atoms with Crippen LogP contribution in [0.5, 0.6) is 0 Å². The molecule has 0 radical (unpaired) electrons. The van der Waals surface area contributed by atoms with Gasteiger partial charge < -0.3 is 0 Å². The zero-order valence-electron chi connectivity index (χ0n) is 15.9. The van der Waals surface area contributed by atoms with Gasteiger partial charge in [0.15, 0.2) is 0 Å². The molecule has 0 aliphatic carbocycles. The van der Waals surface area contributed by atoms with Crippen molar-refractivity contribution in [2.75, 3.05) is 0 Å². The fourth-order valence-corrected chi connectivity index (χ4v) is 4.97. The fraction of sp³-hybridized carbons (Fsp3) is 0.160. The molecule has 6 rings (SSSR count). The third kappa shape index (κ3) is 1.83. The normalized spacial score (nSPS) is 12.9. The number of rotatable bonds is 1. The average Bonchev–Trinajstić information content (AvgIpc) is 3.18. The molecule has 0 saturated heterocycles. The van der Waals surface area contributed by atoms with Crippen LogP contribution in [-0.2, 0) is 6.42 Å². The maximum absolute atomic E-state index is 2.45. The van der Waals surface area contributed by atoms with Crippen LogP contribution in [0.15, 0.2) is 60.7 Å². The largest absolute Gasteiger partial charge is 0.246 e. The number of para-hydroxylation sites is 1. The van der Waals surface area contributed by atoms with E-state index < -0.39 is 0 Å². The van der Waals surface area contributed by atoms with Crippen molar-refractivity contribution in [2.45, 2.75) is 27.2 Å². The molecule has 2 heteroatoms. The maximum Gasteiger partial charge on any atom is 0.246 e. The Balaban J connectivity index is 1.92. The van der Waals surface area contributed by atoms with Gasteiger partial charge in [0.25, 0.3) is 0 Å². The van der Waals surface area contributed by atoms with E-state index >= 15 is 0 Å². The Labute approximate surface area is 158 Å². The second kappa shape index (κ2) is 4.98. The SMILES string of the molecule is Cc1ccc2c(c1)c1cccc3c1n1c(cc(-c4c(C)cccc4C)[n+]21)C3. The lowest BCUT2D eigenvalue weighted by atomic mass is 9.98. The van der Waals surface area contributed by atoms with Crippen molar-refractivity contribution < 1.29 is 4.52 Å². The number of hydrogen-bond acceptors (Lipinski definition) is 0. The molecule has 0 atom stereocenters. The summed E-state index contributed by atoms with van der Waals surface area (Å²) >= 11 is 0. The van der Waals surface area contributed by atoms with Gasteiger partial charge in [-0.25, -0.2) is 0 Å². The van der Waals surface area contributed by atoms with E-state index in [1.54, 1.807) is 0 Å². The van der Waals surface area contributed by atoms with Crippen LogP contribution >= 0.6 is 0 Å². The summed E-state index contributed by atoms with van der Waals surface area (Å²) in [4.78, 5) is 0. The van der Waals surface area contributed by atoms with Crippen LogP contribution in [0.3, 0.4) is 0 Å². The second-order valence-electron chi connectivity index (χ2n) is 7.92. The summed E-state index contributed by atoms with van der Waals surface area (Å²) in [6.07, 6.45) is 1.00. The zero-order valence-corrected chi connectivity index (χ0v) is 15.9. The first-order chi connectivity index (χ1) is 13.1. The number of aromatic nitrogens is 2. The van der Waals surface area contributed by atoms with E-state index in [-0.39, 0.29) is 0 Å². The van der Waals surface area contributed by atoms with Crippen LogP contribution in [0.4, 0.5) is 0 Å². The topological polar surface area (TPSA) is 8.51 Å². The lowest BCUT2D eigenvalue weighted by molar-refractivity contribution is -0.576. The monoisotopic (exact) mass is 349 g/mol. The summed E-state index contributed by atoms with van der Waals surface area (Å²) in [7, 11) is 0. The lowest BCUT2D eigenvalue weighted by Crippen LogP contribution is -2.32. The Kier molecular flexibility index (Phi) is 2.76. The van der Waals surface area contributed by atoms with Crippen molar-refractivity contribution in [2.24, 2.45) is 0 Å². The van der Waals surface area contributed by atoms with Crippen molar-refractivity contribution in [1.29, 1.82) is 0 Å². The van der Waals surface area contributed by atoms with Crippen LogP contribution < -0.4 is 4.52 Å². The Morgan fingerprint density at radius 3 is 2.41 bits per heavy atom. The molecule has 0 unspecified atom stereocenters. The Hall–Kier alpha value is -3.13. The molecule has 1 aliphatic rings. The summed E-state index contributed by atoms with van der Waals surface area (Å²) in [6, 6.07) is 22.6. The van der Waals surface area contributed by atoms with E-state index in [9.17, 15) is 0 Å². The van der Waals surface area contributed by atoms with Crippen LogP contribution in [-0.4, -0.2) is 4.52 Å². The van der Waals surface area contributed by atoms with Crippen molar-refractivity contribution in [3.05, 3.63) is 88.6 Å². The lowest BCUT2D eigenvalue weighted by Gasteiger charge is -2.08. The second-order valence-corrected chi connectivity index (χ2v) is 7.92. The van der Waals surface area contributed by atoms with E-state index in [4.69, 9.17) is 0 Å². The molecule has 0 amide bonds. The number of aryl methyl sites for hydroxylation is 3. The minimum atomic E-state index is 1.00. The number of hydrogen-bond donors (Lipinski definition) is 0. The molecule has 27 heavy (non-hydrogen) atoms. The van der Waals surface area contributed by atoms with Gasteiger partial charge in [-0.3, -0.25) is 0 Å². The first-order valence-corrected chi connectivity index (χ1v) is 9.60. The molecule has 0 fully saturated rings. The molecule has 5 aromatic rings. The molecule has 2 nitrogen and oxygen atoms in total. The van der Waals surface area contributed by atoms with Gasteiger partial charge in [-0.2, -0.15) is 0 Å². The number of fused-ring (bicyclic) bond motifs is 3. The van der Waals surface area contributed by atoms with E-state index in [1.807, 2.05) is 0 Å². The Morgan fingerprint density at radius 2 is 1.59 bits per heavy atom. The number of nitrogens with zero attached hydrogens (tertiary/aromatic N) is 2. The van der Waals surface area contributed by atoms with Crippen molar-refractivity contribution in [1.82, 2.24) is 4.52 Å². The molecule has 3 aromatic carbocycles. The van der Waals surface area contributed by atoms with Crippen LogP contribution in [0.1, 0.15) is 27.9 Å². The Bertz CT molecular complexity index is 1400. The molecular weight excluding hydrogens is 328 g/mol. The van der Waals surface area contributed by atoms with Gasteiger partial charge in [0, 0.05) is 23.9 Å². The first kappa shape index (κ1) is 15.0. The van der Waals surface area contributed by atoms with Crippen LogP contribution in [0.25, 0.3) is 33.1 Å². The summed E-state index contributed by atoms with van der Waals surface area (Å²) in [5.41, 5.74) is 12.1. The van der Waals surface area contributed by atoms with Crippen molar-refractivity contribution in [3.8, 4) is 11.3 Å². The average molecular weight is 349 g/mol. The Morgan fingerprint density at radius 1 is 0.815 bits per heavy atom. The van der Waals surface area contributed by atoms with Crippen molar-refractivity contribution in [3.63, 3.8) is 0 Å². The molecule has 0 spiro atoms. The van der Waals surface area contributed by atoms with Gasteiger partial charge in [0.05, 0.1) is 16.6 Å². The molecule has 3 heterocycles. The van der Waals surface area contributed by atoms with E-state index in [0.29, 0.717) is 0 Å². The highest BCUT2D eigenvalue weighted by atomic mass is 15.3. The molecule has 0 bridgehead atoms. The summed E-state index contributed by atoms with van der Waals surface area (Å²) < 4.78 is 4.89. The standard InChI is InChI=1S/C25H21N2/c1-15-10-11-22-21(12-15)20-9-5-8-18-13-19-14-23(27(22)26(19)25(18)20)24-16(2)6-4-7-17(24)3/h4-12,14H,13H2,1-3H3/q+1. The van der Waals surface area contributed by atoms with Gasteiger partial charge in [0.2, 0.25) is 11.2 Å². The molecular formula is C25H21N2+. The highest BCUT2D eigenvalue weighted by molar-refractivity contribution is 6.04. The maximum atomic E-state index is 2.45. The number of benzene rings is 3. The summed E-state index contributed by atoms with van der Waals surface area (Å²) in [5.74, 6) is 0. The summed E-state index contributed by atoms with van der Waals surface area (Å²) in [5, 5.41) is 2.69. The van der Waals surface area contributed by atoms with E-state index in [2.05, 4.69) is 90.5 Å². The quantitative estimate of drug-likeness (QED) is 0.280. The molecule has 2 aromatic heterocycles. The minimum absolute atomic E-state index is 1.00. The van der Waals surface area contributed by atoms with Crippen LogP contribution in [0, 0.1) is 20.8 Å². The van der Waals surface area contributed by atoms with Gasteiger partial charge >= 0.3 is 0 Å². The zero-order chi connectivity index (χ0) is 18.3. The molecule has 0 N–H and O–H groups in total. The van der Waals surface area contributed by atoms with Crippen LogP contribution in [0.2, 0.25) is 0 Å². The first-order valence-electron chi connectivity index (χ1n) is 9.60. The van der Waals surface area contributed by atoms with E-state index in [0.717, 1.165) is 6.42 Å². The van der Waals surface area contributed by atoms with Gasteiger partial charge in [0.1, 0.15) is 5.52 Å². The fourth-order valence-electron chi connectivity index (χ4n) is 4.97. The minimum Gasteiger partial charge on any atom is -0.118 e. The van der Waals surface area contributed by atoms with E-state index in [1.165, 1.54) is 61.0 Å². The smallest absolute Gasteiger partial charge is 0.118 e. The predicted molar refractivity (Wildman–Crippen MR) is 111 cm³/mol. The van der Waals surface area contributed by atoms with Gasteiger partial charge in [-0.05, 0) is 43.5 Å². The third-order valence-corrected chi connectivity index (χ3v) is 6.11. The van der Waals surface area contributed by atoms with Gasteiger partial charge in [-0.15, -0.1) is 4.52 Å². The summed E-state index contributed by atoms with van der Waals surface area (Å²) in [6.45, 7) is 6.62. The molecule has 1 aliphatic heterocycles. The van der Waals surface area contributed by atoms with Crippen molar-refractivity contribution >= 4 is 21.8 Å². The predicted octanol–water partition coefficient (Wildman–Crippen LogP) is 5.33. The molecule has 0 saturated carbocycles. The molecule has 130 valence electrons. The van der Waals surface area contributed by atoms with Gasteiger partial charge in [-0.1, -0.05) is 52.5 Å². The third-order valence-electron chi connectivity index (χ3n) is 6.11. The highest BCUT2D eigenvalue weighted by Crippen LogP contribution is 2.35.